The summed E-state index contributed by atoms with van der Waals surface area (Å²) in [5.74, 6) is -0.689. The molecule has 7 heteroatoms. The summed E-state index contributed by atoms with van der Waals surface area (Å²) in [4.78, 5) is 31.0. The van der Waals surface area contributed by atoms with Crippen LogP contribution in [0.4, 0.5) is 10.1 Å². The van der Waals surface area contributed by atoms with E-state index in [1.165, 1.54) is 40.6 Å². The summed E-state index contributed by atoms with van der Waals surface area (Å²) in [5.41, 5.74) is 1.60. The first-order valence-electron chi connectivity index (χ1n) is 9.95. The number of nitrogens with zero attached hydrogens (tertiary/aromatic N) is 2. The monoisotopic (exact) mass is 445 g/mol. The summed E-state index contributed by atoms with van der Waals surface area (Å²) in [7, 11) is 0. The lowest BCUT2D eigenvalue weighted by Crippen LogP contribution is -2.25. The number of rotatable bonds is 7. The van der Waals surface area contributed by atoms with E-state index in [0.29, 0.717) is 21.7 Å². The molecule has 0 aliphatic rings. The van der Waals surface area contributed by atoms with E-state index >= 15 is 0 Å². The number of allylic oxidation sites excluding steroid dienone is 1. The van der Waals surface area contributed by atoms with Crippen LogP contribution in [0.15, 0.2) is 101 Å². The maximum Gasteiger partial charge on any atom is 0.262 e. The third-order valence-electron chi connectivity index (χ3n) is 4.81. The van der Waals surface area contributed by atoms with Gasteiger partial charge in [-0.15, -0.1) is 6.58 Å². The van der Waals surface area contributed by atoms with Gasteiger partial charge in [-0.1, -0.05) is 60.3 Å². The number of hydrogen-bond acceptors (Lipinski definition) is 4. The van der Waals surface area contributed by atoms with Crippen LogP contribution in [0.2, 0.25) is 0 Å². The predicted octanol–water partition coefficient (Wildman–Crippen LogP) is 5.19. The third-order valence-corrected chi connectivity index (χ3v) is 6.06. The van der Waals surface area contributed by atoms with Crippen molar-refractivity contribution in [3.63, 3.8) is 0 Å². The number of anilines is 1. The Morgan fingerprint density at radius 1 is 1.06 bits per heavy atom. The van der Waals surface area contributed by atoms with Gasteiger partial charge < -0.3 is 5.32 Å². The number of aromatic nitrogens is 2. The van der Waals surface area contributed by atoms with E-state index in [1.807, 2.05) is 36.4 Å². The highest BCUT2D eigenvalue weighted by Crippen LogP contribution is 2.35. The van der Waals surface area contributed by atoms with E-state index in [2.05, 4.69) is 16.9 Å². The van der Waals surface area contributed by atoms with Crippen LogP contribution in [0.3, 0.4) is 0 Å². The second-order valence-electron chi connectivity index (χ2n) is 7.02. The number of fused-ring (bicyclic) bond motifs is 1. The van der Waals surface area contributed by atoms with Crippen molar-refractivity contribution < 1.29 is 9.18 Å². The van der Waals surface area contributed by atoms with E-state index < -0.39 is 5.25 Å². The molecular weight excluding hydrogens is 425 g/mol. The molecule has 1 N–H and O–H groups in total. The quantitative estimate of drug-likeness (QED) is 0.241. The largest absolute Gasteiger partial charge is 0.325 e. The number of nitrogens with one attached hydrogen (secondary N) is 1. The van der Waals surface area contributed by atoms with Gasteiger partial charge in [-0.25, -0.2) is 9.37 Å². The molecule has 160 valence electrons. The molecule has 1 amide bonds. The van der Waals surface area contributed by atoms with Crippen molar-refractivity contribution in [2.75, 3.05) is 5.32 Å². The Labute approximate surface area is 188 Å². The van der Waals surface area contributed by atoms with Crippen LogP contribution in [-0.4, -0.2) is 15.5 Å². The summed E-state index contributed by atoms with van der Waals surface area (Å²) in [5, 5.41) is 3.06. The molecule has 3 aromatic carbocycles. The van der Waals surface area contributed by atoms with E-state index in [-0.39, 0.29) is 23.8 Å². The minimum Gasteiger partial charge on any atom is -0.325 e. The molecule has 1 heterocycles. The lowest BCUT2D eigenvalue weighted by Gasteiger charge is -2.19. The van der Waals surface area contributed by atoms with Gasteiger partial charge in [0.05, 0.1) is 10.9 Å². The summed E-state index contributed by atoms with van der Waals surface area (Å²) in [6, 6.07) is 21.9. The number of thioether (sulfide) groups is 1. The van der Waals surface area contributed by atoms with Crippen LogP contribution in [0.25, 0.3) is 10.9 Å². The van der Waals surface area contributed by atoms with Crippen molar-refractivity contribution in [2.24, 2.45) is 0 Å². The Morgan fingerprint density at radius 3 is 2.47 bits per heavy atom. The van der Waals surface area contributed by atoms with Crippen molar-refractivity contribution in [1.82, 2.24) is 9.55 Å². The Hall–Kier alpha value is -3.71. The molecule has 5 nitrogen and oxygen atoms in total. The number of amides is 1. The molecular formula is C25H20FN3O2S. The second-order valence-corrected chi connectivity index (χ2v) is 8.09. The van der Waals surface area contributed by atoms with Crippen LogP contribution < -0.4 is 10.9 Å². The number of carbonyl (C=O) groups is 1. The number of benzene rings is 3. The fraction of sp³-hybridized carbons (Fsp3) is 0.0800. The van der Waals surface area contributed by atoms with Gasteiger partial charge in [0.2, 0.25) is 5.91 Å². The van der Waals surface area contributed by atoms with E-state index in [1.54, 1.807) is 24.3 Å². The van der Waals surface area contributed by atoms with Gasteiger partial charge in [-0.2, -0.15) is 0 Å². The highest BCUT2D eigenvalue weighted by Gasteiger charge is 2.25. The van der Waals surface area contributed by atoms with E-state index in [4.69, 9.17) is 0 Å². The molecule has 1 aromatic heterocycles. The fourth-order valence-corrected chi connectivity index (χ4v) is 4.38. The molecule has 4 aromatic rings. The number of para-hydroxylation sites is 1. The predicted molar refractivity (Wildman–Crippen MR) is 126 cm³/mol. The van der Waals surface area contributed by atoms with Crippen molar-refractivity contribution in [2.45, 2.75) is 17.0 Å². The van der Waals surface area contributed by atoms with Crippen molar-refractivity contribution in [1.29, 1.82) is 0 Å². The average Bonchev–Trinajstić information content (AvgIpc) is 2.82. The summed E-state index contributed by atoms with van der Waals surface area (Å²) >= 11 is 1.19. The Bertz CT molecular complexity index is 1320. The molecule has 0 aliphatic heterocycles. The third kappa shape index (κ3) is 4.63. The van der Waals surface area contributed by atoms with Gasteiger partial charge in [0, 0.05) is 12.2 Å². The Balaban J connectivity index is 1.76. The highest BCUT2D eigenvalue weighted by molar-refractivity contribution is 8.00. The molecule has 0 radical (unpaired) electrons. The molecule has 32 heavy (non-hydrogen) atoms. The molecule has 0 fully saturated rings. The maximum absolute atomic E-state index is 13.3. The van der Waals surface area contributed by atoms with Gasteiger partial charge >= 0.3 is 0 Å². The van der Waals surface area contributed by atoms with Gasteiger partial charge in [0.25, 0.3) is 5.56 Å². The minimum absolute atomic E-state index is 0.191. The molecule has 0 aliphatic carbocycles. The zero-order valence-electron chi connectivity index (χ0n) is 17.1. The molecule has 1 atom stereocenters. The van der Waals surface area contributed by atoms with Gasteiger partial charge in [-0.3, -0.25) is 14.2 Å². The van der Waals surface area contributed by atoms with Crippen LogP contribution in [0.5, 0.6) is 0 Å². The van der Waals surface area contributed by atoms with Gasteiger partial charge in [-0.05, 0) is 42.0 Å². The number of carbonyl (C=O) groups excluding carboxylic acids is 1. The van der Waals surface area contributed by atoms with Crippen LogP contribution >= 0.6 is 11.8 Å². The van der Waals surface area contributed by atoms with Crippen LogP contribution in [0.1, 0.15) is 10.8 Å². The van der Waals surface area contributed by atoms with Crippen LogP contribution in [-0.2, 0) is 11.3 Å². The van der Waals surface area contributed by atoms with Gasteiger partial charge in [0.1, 0.15) is 11.1 Å². The number of halogens is 1. The van der Waals surface area contributed by atoms with Gasteiger partial charge in [0.15, 0.2) is 5.16 Å². The zero-order chi connectivity index (χ0) is 22.5. The summed E-state index contributed by atoms with van der Waals surface area (Å²) < 4.78 is 14.8. The standard InChI is InChI=1S/C25H20FN3O2S/c1-2-16-29-24(31)20-10-6-7-11-21(20)28-25(29)32-22(17-8-4-3-5-9-17)23(30)27-19-14-12-18(26)13-15-19/h2-15,22H,1,16H2,(H,27,30)/t22-/m1/s1. The maximum atomic E-state index is 13.3. The van der Waals surface area contributed by atoms with E-state index in [9.17, 15) is 14.0 Å². The van der Waals surface area contributed by atoms with E-state index in [0.717, 1.165) is 5.56 Å². The highest BCUT2D eigenvalue weighted by atomic mass is 32.2. The molecule has 0 unspecified atom stereocenters. The lowest BCUT2D eigenvalue weighted by atomic mass is 10.1. The summed E-state index contributed by atoms with van der Waals surface area (Å²) in [6.45, 7) is 4.01. The number of hydrogen-bond donors (Lipinski definition) is 1. The fourth-order valence-electron chi connectivity index (χ4n) is 3.27. The Morgan fingerprint density at radius 2 is 1.75 bits per heavy atom. The second kappa shape index (κ2) is 9.62. The normalized spacial score (nSPS) is 11.8. The zero-order valence-corrected chi connectivity index (χ0v) is 17.9. The lowest BCUT2D eigenvalue weighted by molar-refractivity contribution is -0.115. The van der Waals surface area contributed by atoms with Crippen molar-refractivity contribution in [3.8, 4) is 0 Å². The molecule has 0 spiro atoms. The SMILES string of the molecule is C=CCn1c(S[C@@H](C(=O)Nc2ccc(F)cc2)c2ccccc2)nc2ccccc2c1=O. The first kappa shape index (κ1) is 21.5. The van der Waals surface area contributed by atoms with Crippen LogP contribution in [0, 0.1) is 5.82 Å². The Kier molecular flexibility index (Phi) is 6.47. The molecule has 4 rings (SSSR count). The van der Waals surface area contributed by atoms with Crippen molar-refractivity contribution >= 4 is 34.3 Å². The summed E-state index contributed by atoms with van der Waals surface area (Å²) in [6.07, 6.45) is 1.62. The molecule has 0 bridgehead atoms. The average molecular weight is 446 g/mol. The first-order valence-corrected chi connectivity index (χ1v) is 10.8. The molecule has 0 saturated carbocycles. The molecule has 0 saturated heterocycles. The smallest absolute Gasteiger partial charge is 0.262 e. The first-order chi connectivity index (χ1) is 15.6. The van der Waals surface area contributed by atoms with Crippen molar-refractivity contribution in [3.05, 3.63) is 113 Å². The minimum atomic E-state index is -0.689. The topological polar surface area (TPSA) is 64.0 Å².